The Labute approximate surface area is 178 Å². The Balaban J connectivity index is 1.66. The summed E-state index contributed by atoms with van der Waals surface area (Å²) in [6.45, 7) is 4.18. The van der Waals surface area contributed by atoms with Gasteiger partial charge in [-0.3, -0.25) is 4.98 Å². The molecule has 2 aromatic heterocycles. The topological polar surface area (TPSA) is 74.8 Å². The molecule has 2 heterocycles. The minimum absolute atomic E-state index is 0.255. The molecule has 0 unspecified atom stereocenters. The molecule has 0 fully saturated rings. The highest BCUT2D eigenvalue weighted by molar-refractivity contribution is 6.33. The fraction of sp³-hybridized carbons (Fsp3) is 0.182. The summed E-state index contributed by atoms with van der Waals surface area (Å²) in [6.07, 6.45) is 1.74. The van der Waals surface area contributed by atoms with Crippen LogP contribution in [-0.4, -0.2) is 24.8 Å². The lowest BCUT2D eigenvalue weighted by Gasteiger charge is -2.15. The first kappa shape index (κ1) is 19.8. The Hall–Kier alpha value is -3.45. The molecule has 2 aromatic carbocycles. The van der Waals surface area contributed by atoms with Crippen LogP contribution in [0.5, 0.6) is 5.75 Å². The monoisotopic (exact) mass is 421 g/mol. The van der Waals surface area contributed by atoms with Gasteiger partial charge in [-0.2, -0.15) is 9.36 Å². The quantitative estimate of drug-likeness (QED) is 0.489. The number of tetrazole rings is 1. The third-order valence-corrected chi connectivity index (χ3v) is 5.23. The lowest BCUT2D eigenvalue weighted by atomic mass is 10.1. The molecule has 0 bridgehead atoms. The number of hydrogen-bond acceptors (Lipinski definition) is 5. The van der Waals surface area contributed by atoms with E-state index in [0.29, 0.717) is 16.5 Å². The molecular weight excluding hydrogens is 402 g/mol. The molecule has 8 heteroatoms. The molecule has 4 aromatic rings. The van der Waals surface area contributed by atoms with Crippen LogP contribution >= 0.6 is 11.6 Å². The van der Waals surface area contributed by atoms with Crippen molar-refractivity contribution in [3.63, 3.8) is 0 Å². The highest BCUT2D eigenvalue weighted by atomic mass is 35.5. The summed E-state index contributed by atoms with van der Waals surface area (Å²) in [4.78, 5) is 16.7. The summed E-state index contributed by atoms with van der Waals surface area (Å²) in [5.41, 5.74) is 4.75. The normalized spacial score (nSPS) is 10.9. The van der Waals surface area contributed by atoms with E-state index in [-0.39, 0.29) is 12.3 Å². The van der Waals surface area contributed by atoms with Crippen molar-refractivity contribution in [2.45, 2.75) is 20.5 Å². The van der Waals surface area contributed by atoms with Gasteiger partial charge in [0, 0.05) is 24.4 Å². The van der Waals surface area contributed by atoms with Crippen LogP contribution in [0, 0.1) is 13.8 Å². The van der Waals surface area contributed by atoms with Crippen molar-refractivity contribution < 1.29 is 4.74 Å². The Kier molecular flexibility index (Phi) is 5.37. The lowest BCUT2D eigenvalue weighted by Crippen LogP contribution is -2.23. The molecular formula is C22H20ClN5O2. The molecule has 0 spiro atoms. The maximum Gasteiger partial charge on any atom is 0.368 e. The summed E-state index contributed by atoms with van der Waals surface area (Å²) < 4.78 is 8.57. The number of nitrogens with zero attached hydrogens (tertiary/aromatic N) is 5. The van der Waals surface area contributed by atoms with E-state index in [1.165, 1.54) is 9.36 Å². The van der Waals surface area contributed by atoms with E-state index >= 15 is 0 Å². The van der Waals surface area contributed by atoms with Gasteiger partial charge < -0.3 is 4.74 Å². The van der Waals surface area contributed by atoms with Crippen LogP contribution in [0.25, 0.3) is 16.9 Å². The number of rotatable bonds is 5. The Morgan fingerprint density at radius 3 is 2.57 bits per heavy atom. The summed E-state index contributed by atoms with van der Waals surface area (Å²) in [7, 11) is 1.56. The molecule has 0 aliphatic heterocycles. The first-order chi connectivity index (χ1) is 14.5. The molecule has 0 radical (unpaired) electrons. The zero-order chi connectivity index (χ0) is 21.3. The zero-order valence-corrected chi connectivity index (χ0v) is 17.6. The van der Waals surface area contributed by atoms with Crippen LogP contribution in [-0.2, 0) is 13.7 Å². The Bertz CT molecular complexity index is 1260. The molecule has 0 saturated carbocycles. The van der Waals surface area contributed by atoms with Gasteiger partial charge in [0.2, 0.25) is 0 Å². The van der Waals surface area contributed by atoms with Gasteiger partial charge in [-0.1, -0.05) is 29.8 Å². The number of aryl methyl sites for hydroxylation is 3. The lowest BCUT2D eigenvalue weighted by molar-refractivity contribution is 0.302. The van der Waals surface area contributed by atoms with Gasteiger partial charge in [-0.15, -0.1) is 0 Å². The summed E-state index contributed by atoms with van der Waals surface area (Å²) in [5.74, 6) is 0.667. The van der Waals surface area contributed by atoms with Gasteiger partial charge in [-0.25, -0.2) is 4.79 Å². The second kappa shape index (κ2) is 8.12. The molecule has 30 heavy (non-hydrogen) atoms. The largest absolute Gasteiger partial charge is 0.488 e. The predicted octanol–water partition coefficient (Wildman–Crippen LogP) is 3.88. The van der Waals surface area contributed by atoms with Crippen LogP contribution < -0.4 is 10.4 Å². The first-order valence-electron chi connectivity index (χ1n) is 9.38. The van der Waals surface area contributed by atoms with Crippen molar-refractivity contribution in [2.24, 2.45) is 7.05 Å². The predicted molar refractivity (Wildman–Crippen MR) is 115 cm³/mol. The number of ether oxygens (including phenoxy) is 1. The maximum absolute atomic E-state index is 12.3. The van der Waals surface area contributed by atoms with Crippen molar-refractivity contribution in [3.05, 3.63) is 86.9 Å². The second-order valence-corrected chi connectivity index (χ2v) is 7.38. The van der Waals surface area contributed by atoms with Crippen LogP contribution in [0.1, 0.15) is 16.7 Å². The van der Waals surface area contributed by atoms with Gasteiger partial charge in [0.25, 0.3) is 0 Å². The SMILES string of the molecule is Cc1cc(-c2ccccn2)c(Cl)cc1OCc1c(C)cccc1-n1nnn(C)c1=O. The average Bonchev–Trinajstić information content (AvgIpc) is 3.08. The molecule has 0 aliphatic rings. The molecule has 152 valence electrons. The molecule has 0 saturated heterocycles. The minimum Gasteiger partial charge on any atom is -0.488 e. The van der Waals surface area contributed by atoms with Gasteiger partial charge in [0.05, 0.1) is 16.4 Å². The first-order valence-corrected chi connectivity index (χ1v) is 9.75. The number of pyridine rings is 1. The highest BCUT2D eigenvalue weighted by Crippen LogP contribution is 2.33. The third kappa shape index (κ3) is 3.71. The summed E-state index contributed by atoms with van der Waals surface area (Å²) in [6, 6.07) is 15.1. The third-order valence-electron chi connectivity index (χ3n) is 4.91. The van der Waals surface area contributed by atoms with Gasteiger partial charge >= 0.3 is 5.69 Å². The van der Waals surface area contributed by atoms with Gasteiger partial charge in [0.1, 0.15) is 12.4 Å². The van der Waals surface area contributed by atoms with Crippen LogP contribution in [0.15, 0.2) is 59.5 Å². The summed E-state index contributed by atoms with van der Waals surface area (Å²) in [5, 5.41) is 8.31. The van der Waals surface area contributed by atoms with E-state index in [1.807, 2.05) is 56.3 Å². The van der Waals surface area contributed by atoms with Crippen molar-refractivity contribution in [2.75, 3.05) is 0 Å². The van der Waals surface area contributed by atoms with E-state index < -0.39 is 0 Å². The Morgan fingerprint density at radius 1 is 1.03 bits per heavy atom. The summed E-state index contributed by atoms with van der Waals surface area (Å²) >= 11 is 6.51. The molecule has 4 rings (SSSR count). The van der Waals surface area contributed by atoms with Crippen LogP contribution in [0.4, 0.5) is 0 Å². The second-order valence-electron chi connectivity index (χ2n) is 6.97. The van der Waals surface area contributed by atoms with Crippen molar-refractivity contribution >= 4 is 11.6 Å². The maximum atomic E-state index is 12.3. The molecule has 7 nitrogen and oxygen atoms in total. The van der Waals surface area contributed by atoms with Gasteiger partial charge in [0.15, 0.2) is 0 Å². The molecule has 0 N–H and O–H groups in total. The van der Waals surface area contributed by atoms with Crippen molar-refractivity contribution in [1.82, 2.24) is 24.8 Å². The van der Waals surface area contributed by atoms with Gasteiger partial charge in [-0.05, 0) is 65.7 Å². The zero-order valence-electron chi connectivity index (χ0n) is 16.8. The fourth-order valence-electron chi connectivity index (χ4n) is 3.22. The number of benzene rings is 2. The van der Waals surface area contributed by atoms with Crippen molar-refractivity contribution in [3.8, 4) is 22.7 Å². The number of aromatic nitrogens is 5. The number of hydrogen-bond donors (Lipinski definition) is 0. The van der Waals surface area contributed by atoms with Crippen LogP contribution in [0.2, 0.25) is 5.02 Å². The Morgan fingerprint density at radius 2 is 1.87 bits per heavy atom. The molecule has 0 amide bonds. The van der Waals surface area contributed by atoms with E-state index in [2.05, 4.69) is 15.4 Å². The van der Waals surface area contributed by atoms with E-state index in [9.17, 15) is 4.79 Å². The van der Waals surface area contributed by atoms with E-state index in [0.717, 1.165) is 27.9 Å². The standard InChI is InChI=1S/C22H20ClN5O2/c1-14-7-6-9-20(28-22(29)27(3)25-26-28)17(14)13-30-21-12-18(23)16(11-15(21)2)19-8-4-5-10-24-19/h4-12H,13H2,1-3H3. The fourth-order valence-corrected chi connectivity index (χ4v) is 3.48. The van der Waals surface area contributed by atoms with E-state index in [1.54, 1.807) is 19.3 Å². The molecule has 0 atom stereocenters. The van der Waals surface area contributed by atoms with Crippen LogP contribution in [0.3, 0.4) is 0 Å². The average molecular weight is 422 g/mol. The van der Waals surface area contributed by atoms with Crippen molar-refractivity contribution in [1.29, 1.82) is 0 Å². The minimum atomic E-state index is -0.319. The smallest absolute Gasteiger partial charge is 0.368 e. The molecule has 0 aliphatic carbocycles. The number of halogens is 1. The highest BCUT2D eigenvalue weighted by Gasteiger charge is 2.15. The van der Waals surface area contributed by atoms with E-state index in [4.69, 9.17) is 16.3 Å².